The third kappa shape index (κ3) is 3.49. The van der Waals surface area contributed by atoms with Crippen molar-refractivity contribution < 1.29 is 9.13 Å². The Morgan fingerprint density at radius 1 is 1.14 bits per heavy atom. The van der Waals surface area contributed by atoms with Gasteiger partial charge in [0.25, 0.3) is 0 Å². The standard InChI is InChI=1S/C23H25FN4O/c1-29-20-4-2-3-16(13-20)23-21-15-28(12-10-22(21)25-26-23)19-9-11-27(14-19)18-7-5-17(24)6-8-18/h2-8,13,19H,9-12,14-15H2,1H3,(H,25,26). The van der Waals surface area contributed by atoms with E-state index in [0.29, 0.717) is 6.04 Å². The molecule has 29 heavy (non-hydrogen) atoms. The molecule has 2 aliphatic heterocycles. The second-order valence-corrected chi connectivity index (χ2v) is 7.85. The molecule has 150 valence electrons. The molecule has 0 spiro atoms. The van der Waals surface area contributed by atoms with Crippen LogP contribution >= 0.6 is 0 Å². The minimum Gasteiger partial charge on any atom is -0.497 e. The third-order valence-electron chi connectivity index (χ3n) is 6.18. The van der Waals surface area contributed by atoms with E-state index in [0.717, 1.165) is 61.7 Å². The highest BCUT2D eigenvalue weighted by Gasteiger charge is 2.32. The van der Waals surface area contributed by atoms with E-state index in [4.69, 9.17) is 4.74 Å². The van der Waals surface area contributed by atoms with Gasteiger partial charge in [-0.2, -0.15) is 5.10 Å². The lowest BCUT2D eigenvalue weighted by Gasteiger charge is -2.32. The molecule has 0 amide bonds. The summed E-state index contributed by atoms with van der Waals surface area (Å²) in [5.74, 6) is 0.663. The third-order valence-corrected chi connectivity index (χ3v) is 6.18. The topological polar surface area (TPSA) is 44.4 Å². The fourth-order valence-electron chi connectivity index (χ4n) is 4.56. The summed E-state index contributed by atoms with van der Waals surface area (Å²) in [7, 11) is 1.69. The Hall–Kier alpha value is -2.86. The smallest absolute Gasteiger partial charge is 0.123 e. The number of nitrogens with one attached hydrogen (secondary N) is 1. The molecule has 1 N–H and O–H groups in total. The monoisotopic (exact) mass is 392 g/mol. The van der Waals surface area contributed by atoms with E-state index in [-0.39, 0.29) is 5.82 Å². The Labute approximate surface area is 170 Å². The molecule has 6 heteroatoms. The maximum Gasteiger partial charge on any atom is 0.123 e. The summed E-state index contributed by atoms with van der Waals surface area (Å²) >= 11 is 0. The largest absolute Gasteiger partial charge is 0.497 e. The Balaban J connectivity index is 1.33. The van der Waals surface area contributed by atoms with Crippen molar-refractivity contribution in [1.82, 2.24) is 15.1 Å². The molecule has 0 bridgehead atoms. The van der Waals surface area contributed by atoms with E-state index >= 15 is 0 Å². The van der Waals surface area contributed by atoms with Crippen LogP contribution < -0.4 is 9.64 Å². The average molecular weight is 392 g/mol. The van der Waals surface area contributed by atoms with Gasteiger partial charge in [-0.15, -0.1) is 0 Å². The lowest BCUT2D eigenvalue weighted by Crippen LogP contribution is -2.41. The maximum atomic E-state index is 13.2. The Morgan fingerprint density at radius 3 is 2.83 bits per heavy atom. The zero-order chi connectivity index (χ0) is 19.8. The van der Waals surface area contributed by atoms with Crippen molar-refractivity contribution >= 4 is 5.69 Å². The van der Waals surface area contributed by atoms with Gasteiger partial charge in [0.15, 0.2) is 0 Å². The van der Waals surface area contributed by atoms with Gasteiger partial charge in [-0.05, 0) is 42.8 Å². The van der Waals surface area contributed by atoms with E-state index in [2.05, 4.69) is 26.1 Å². The summed E-state index contributed by atoms with van der Waals surface area (Å²) in [6.07, 6.45) is 2.11. The molecular weight excluding hydrogens is 367 g/mol. The number of anilines is 1. The molecule has 5 nitrogen and oxygen atoms in total. The predicted molar refractivity (Wildman–Crippen MR) is 112 cm³/mol. The molecule has 3 heterocycles. The van der Waals surface area contributed by atoms with Crippen LogP contribution in [0, 0.1) is 5.82 Å². The van der Waals surface area contributed by atoms with Crippen LogP contribution in [0.25, 0.3) is 11.3 Å². The lowest BCUT2D eigenvalue weighted by molar-refractivity contribution is 0.191. The lowest BCUT2D eigenvalue weighted by atomic mass is 9.99. The molecule has 1 fully saturated rings. The first-order valence-electron chi connectivity index (χ1n) is 10.2. The van der Waals surface area contributed by atoms with Gasteiger partial charge in [-0.1, -0.05) is 12.1 Å². The molecule has 0 aliphatic carbocycles. The fraction of sp³-hybridized carbons (Fsp3) is 0.348. The zero-order valence-corrected chi connectivity index (χ0v) is 16.6. The van der Waals surface area contributed by atoms with Crippen LogP contribution in [0.3, 0.4) is 0 Å². The molecule has 2 aliphatic rings. The number of ether oxygens (including phenoxy) is 1. The van der Waals surface area contributed by atoms with E-state index in [1.807, 2.05) is 30.3 Å². The number of aromatic amines is 1. The molecule has 0 saturated carbocycles. The van der Waals surface area contributed by atoms with Gasteiger partial charge in [0, 0.05) is 61.1 Å². The first-order valence-corrected chi connectivity index (χ1v) is 10.2. The number of hydrogen-bond acceptors (Lipinski definition) is 4. The molecule has 1 saturated heterocycles. The van der Waals surface area contributed by atoms with Crippen LogP contribution in [0.4, 0.5) is 10.1 Å². The summed E-state index contributed by atoms with van der Waals surface area (Å²) in [6.45, 7) is 3.93. The van der Waals surface area contributed by atoms with Gasteiger partial charge in [0.2, 0.25) is 0 Å². The van der Waals surface area contributed by atoms with Crippen molar-refractivity contribution in [3.05, 3.63) is 65.6 Å². The highest BCUT2D eigenvalue weighted by molar-refractivity contribution is 5.66. The highest BCUT2D eigenvalue weighted by Crippen LogP contribution is 2.32. The molecule has 5 rings (SSSR count). The summed E-state index contributed by atoms with van der Waals surface area (Å²) < 4.78 is 18.6. The molecular formula is C23H25FN4O. The van der Waals surface area contributed by atoms with Gasteiger partial charge in [-0.25, -0.2) is 4.39 Å². The molecule has 1 aromatic heterocycles. The number of benzene rings is 2. The minimum absolute atomic E-state index is 0.182. The summed E-state index contributed by atoms with van der Waals surface area (Å²) in [5, 5.41) is 7.87. The summed E-state index contributed by atoms with van der Waals surface area (Å²) in [6, 6.07) is 15.4. The quantitative estimate of drug-likeness (QED) is 0.732. The number of fused-ring (bicyclic) bond motifs is 1. The maximum absolute atomic E-state index is 13.2. The van der Waals surface area contributed by atoms with Crippen LogP contribution in [0.1, 0.15) is 17.7 Å². The van der Waals surface area contributed by atoms with Crippen molar-refractivity contribution in [1.29, 1.82) is 0 Å². The first kappa shape index (κ1) is 18.2. The molecule has 2 aromatic carbocycles. The Kier molecular flexibility index (Phi) is 4.72. The van der Waals surface area contributed by atoms with Crippen molar-refractivity contribution in [2.75, 3.05) is 31.6 Å². The van der Waals surface area contributed by atoms with Crippen LogP contribution in [-0.4, -0.2) is 47.9 Å². The normalized spacial score (nSPS) is 19.4. The predicted octanol–water partition coefficient (Wildman–Crippen LogP) is 3.86. The van der Waals surface area contributed by atoms with Crippen LogP contribution in [0.5, 0.6) is 5.75 Å². The second-order valence-electron chi connectivity index (χ2n) is 7.85. The Morgan fingerprint density at radius 2 is 2.00 bits per heavy atom. The van der Waals surface area contributed by atoms with E-state index in [9.17, 15) is 4.39 Å². The van der Waals surface area contributed by atoms with Gasteiger partial charge >= 0.3 is 0 Å². The first-order chi connectivity index (χ1) is 14.2. The number of H-pyrrole nitrogens is 1. The minimum atomic E-state index is -0.182. The van der Waals surface area contributed by atoms with Gasteiger partial charge in [0.1, 0.15) is 11.6 Å². The molecule has 0 radical (unpaired) electrons. The van der Waals surface area contributed by atoms with Gasteiger partial charge in [0.05, 0.1) is 12.8 Å². The van der Waals surface area contributed by atoms with Crippen molar-refractivity contribution in [2.24, 2.45) is 0 Å². The SMILES string of the molecule is COc1cccc(-c2n[nH]c3c2CN(C2CCN(c4ccc(F)cc4)C2)CC3)c1. The average Bonchev–Trinajstić information content (AvgIpc) is 3.41. The summed E-state index contributed by atoms with van der Waals surface area (Å²) in [5.41, 5.74) is 5.75. The van der Waals surface area contributed by atoms with Gasteiger partial charge in [-0.3, -0.25) is 10.00 Å². The summed E-state index contributed by atoms with van der Waals surface area (Å²) in [4.78, 5) is 4.93. The number of aromatic nitrogens is 2. The molecule has 1 atom stereocenters. The number of halogens is 1. The van der Waals surface area contributed by atoms with Crippen LogP contribution in [0.15, 0.2) is 48.5 Å². The van der Waals surface area contributed by atoms with Crippen molar-refractivity contribution in [3.8, 4) is 17.0 Å². The Bertz CT molecular complexity index is 1000. The number of methoxy groups -OCH3 is 1. The van der Waals surface area contributed by atoms with Gasteiger partial charge < -0.3 is 9.64 Å². The fourth-order valence-corrected chi connectivity index (χ4v) is 4.56. The zero-order valence-electron chi connectivity index (χ0n) is 16.6. The van der Waals surface area contributed by atoms with Crippen molar-refractivity contribution in [2.45, 2.75) is 25.4 Å². The van der Waals surface area contributed by atoms with E-state index in [1.54, 1.807) is 19.2 Å². The van der Waals surface area contributed by atoms with Crippen LogP contribution in [0.2, 0.25) is 0 Å². The van der Waals surface area contributed by atoms with Crippen molar-refractivity contribution in [3.63, 3.8) is 0 Å². The molecule has 3 aromatic rings. The van der Waals surface area contributed by atoms with E-state index in [1.165, 1.54) is 11.3 Å². The number of nitrogens with zero attached hydrogens (tertiary/aromatic N) is 3. The second kappa shape index (κ2) is 7.52. The van der Waals surface area contributed by atoms with E-state index < -0.39 is 0 Å². The highest BCUT2D eigenvalue weighted by atomic mass is 19.1. The number of rotatable bonds is 4. The molecule has 1 unspecified atom stereocenters. The van der Waals surface area contributed by atoms with Crippen LogP contribution in [-0.2, 0) is 13.0 Å². The number of hydrogen-bond donors (Lipinski definition) is 1.